The molecule has 1 aliphatic heterocycles. The van der Waals surface area contributed by atoms with Crippen molar-refractivity contribution in [1.82, 2.24) is 4.90 Å². The molecule has 3 nitrogen and oxygen atoms in total. The summed E-state index contributed by atoms with van der Waals surface area (Å²) < 4.78 is 0.743. The Hall–Kier alpha value is -0.420. The van der Waals surface area contributed by atoms with Gasteiger partial charge in [0.25, 0.3) is 11.8 Å². The maximum Gasteiger partial charge on any atom is 0.253 e. The van der Waals surface area contributed by atoms with E-state index < -0.39 is 0 Å². The van der Waals surface area contributed by atoms with Crippen molar-refractivity contribution in [1.29, 1.82) is 0 Å². The highest BCUT2D eigenvalue weighted by Crippen LogP contribution is 2.13. The van der Waals surface area contributed by atoms with Gasteiger partial charge in [0, 0.05) is 16.6 Å². The Bertz CT molecular complexity index is 265. The van der Waals surface area contributed by atoms with Crippen molar-refractivity contribution < 1.29 is 9.59 Å². The van der Waals surface area contributed by atoms with Crippen LogP contribution in [-0.2, 0) is 9.59 Å². The fraction of sp³-hybridized carbons (Fsp3) is 0.143. The molecule has 0 N–H and O–H groups in total. The van der Waals surface area contributed by atoms with Gasteiger partial charge in [0.1, 0.15) is 0 Å². The van der Waals surface area contributed by atoms with Crippen LogP contribution in [0.1, 0.15) is 0 Å². The lowest BCUT2D eigenvalue weighted by atomic mass is 10.5. The highest BCUT2D eigenvalue weighted by molar-refractivity contribution is 9.14. The minimum absolute atomic E-state index is 0.272. The van der Waals surface area contributed by atoms with Gasteiger partial charge in [0.05, 0.1) is 6.54 Å². The van der Waals surface area contributed by atoms with Crippen molar-refractivity contribution in [3.63, 3.8) is 0 Å². The first kappa shape index (κ1) is 9.67. The fourth-order valence-electron chi connectivity index (χ4n) is 0.773. The average molecular weight is 295 g/mol. The number of carbonyl (C=O) groups is 2. The predicted octanol–water partition coefficient (Wildman–Crippen LogP) is 1.54. The van der Waals surface area contributed by atoms with E-state index in [1.54, 1.807) is 4.99 Å². The second-order valence-corrected chi connectivity index (χ2v) is 3.63. The van der Waals surface area contributed by atoms with E-state index in [0.717, 1.165) is 9.38 Å². The monoisotopic (exact) mass is 293 g/mol. The molecule has 64 valence electrons. The number of imide groups is 1. The van der Waals surface area contributed by atoms with Crippen LogP contribution in [0.25, 0.3) is 0 Å². The van der Waals surface area contributed by atoms with Gasteiger partial charge in [0.15, 0.2) is 0 Å². The van der Waals surface area contributed by atoms with Gasteiger partial charge in [-0.2, -0.15) is 0 Å². The molecule has 12 heavy (non-hydrogen) atoms. The van der Waals surface area contributed by atoms with E-state index >= 15 is 0 Å². The normalized spacial score (nSPS) is 17.8. The quantitative estimate of drug-likeness (QED) is 0.725. The van der Waals surface area contributed by atoms with Crippen LogP contribution in [-0.4, -0.2) is 23.3 Å². The zero-order chi connectivity index (χ0) is 9.14. The Kier molecular flexibility index (Phi) is 3.22. The summed E-state index contributed by atoms with van der Waals surface area (Å²) >= 11 is 6.27. The number of nitrogens with zero attached hydrogens (tertiary/aromatic N) is 1. The summed E-state index contributed by atoms with van der Waals surface area (Å²) in [7, 11) is 0. The second kappa shape index (κ2) is 4.00. The molecule has 1 rings (SSSR count). The number of hydrogen-bond donors (Lipinski definition) is 0. The lowest BCUT2D eigenvalue weighted by Gasteiger charge is -2.11. The number of rotatable bonds is 2. The molecule has 0 aromatic carbocycles. The van der Waals surface area contributed by atoms with Crippen LogP contribution < -0.4 is 0 Å². The summed E-state index contributed by atoms with van der Waals surface area (Å²) in [5.41, 5.74) is 0. The summed E-state index contributed by atoms with van der Waals surface area (Å²) in [6.45, 7) is 0.274. The SMILES string of the molecule is O=C1C=CC(=O)N1CC(Br)=CBr. The molecule has 5 heteroatoms. The van der Waals surface area contributed by atoms with Crippen LogP contribution >= 0.6 is 31.9 Å². The van der Waals surface area contributed by atoms with Crippen LogP contribution in [0.2, 0.25) is 0 Å². The molecule has 0 bridgehead atoms. The highest BCUT2D eigenvalue weighted by atomic mass is 79.9. The van der Waals surface area contributed by atoms with Gasteiger partial charge in [0.2, 0.25) is 0 Å². The molecule has 1 aliphatic rings. The van der Waals surface area contributed by atoms with Gasteiger partial charge in [-0.1, -0.05) is 31.9 Å². The maximum atomic E-state index is 11.0. The summed E-state index contributed by atoms with van der Waals surface area (Å²) in [6.07, 6.45) is 2.52. The topological polar surface area (TPSA) is 37.4 Å². The van der Waals surface area contributed by atoms with Crippen LogP contribution in [0.5, 0.6) is 0 Å². The predicted molar refractivity (Wildman–Crippen MR) is 51.8 cm³/mol. The first-order valence-electron chi connectivity index (χ1n) is 3.13. The number of halogens is 2. The minimum atomic E-state index is -0.272. The first-order chi connectivity index (χ1) is 5.65. The zero-order valence-electron chi connectivity index (χ0n) is 5.96. The van der Waals surface area contributed by atoms with Gasteiger partial charge < -0.3 is 0 Å². The average Bonchev–Trinajstić information content (AvgIpc) is 2.35. The zero-order valence-corrected chi connectivity index (χ0v) is 9.13. The third-order valence-electron chi connectivity index (χ3n) is 1.33. The van der Waals surface area contributed by atoms with Crippen molar-refractivity contribution >= 4 is 43.7 Å². The van der Waals surface area contributed by atoms with Crippen LogP contribution in [0, 0.1) is 0 Å². The van der Waals surface area contributed by atoms with E-state index in [1.807, 2.05) is 0 Å². The Morgan fingerprint density at radius 1 is 1.42 bits per heavy atom. The van der Waals surface area contributed by atoms with E-state index in [1.165, 1.54) is 12.2 Å². The third kappa shape index (κ3) is 2.04. The molecule has 0 radical (unpaired) electrons. The largest absolute Gasteiger partial charge is 0.270 e. The molecule has 1 heterocycles. The maximum absolute atomic E-state index is 11.0. The van der Waals surface area contributed by atoms with Crippen molar-refractivity contribution in [2.24, 2.45) is 0 Å². The molecule has 0 aromatic heterocycles. The first-order valence-corrected chi connectivity index (χ1v) is 4.84. The minimum Gasteiger partial charge on any atom is -0.270 e. The fourth-order valence-corrected chi connectivity index (χ4v) is 1.17. The molecule has 0 saturated carbocycles. The van der Waals surface area contributed by atoms with Gasteiger partial charge in [-0.3, -0.25) is 14.5 Å². The van der Waals surface area contributed by atoms with Crippen molar-refractivity contribution in [3.05, 3.63) is 21.6 Å². The molecule has 0 fully saturated rings. The molecule has 0 aromatic rings. The number of amides is 2. The van der Waals surface area contributed by atoms with Gasteiger partial charge in [-0.25, -0.2) is 0 Å². The number of carbonyl (C=O) groups excluding carboxylic acids is 2. The van der Waals surface area contributed by atoms with Gasteiger partial charge in [-0.05, 0) is 4.99 Å². The molecule has 0 atom stereocenters. The molecule has 0 saturated heterocycles. The van der Waals surface area contributed by atoms with Gasteiger partial charge >= 0.3 is 0 Å². The highest BCUT2D eigenvalue weighted by Gasteiger charge is 2.23. The van der Waals surface area contributed by atoms with Crippen molar-refractivity contribution in [3.8, 4) is 0 Å². The lowest BCUT2D eigenvalue weighted by molar-refractivity contribution is -0.136. The Balaban J connectivity index is 2.66. The molecule has 2 amide bonds. The van der Waals surface area contributed by atoms with Gasteiger partial charge in [-0.15, -0.1) is 0 Å². The molecular formula is C7H5Br2NO2. The number of hydrogen-bond acceptors (Lipinski definition) is 2. The Morgan fingerprint density at radius 2 is 1.92 bits per heavy atom. The van der Waals surface area contributed by atoms with Crippen molar-refractivity contribution in [2.75, 3.05) is 6.54 Å². The molecule has 0 spiro atoms. The molecular weight excluding hydrogens is 290 g/mol. The summed E-state index contributed by atoms with van der Waals surface area (Å²) in [4.78, 5) is 24.7. The van der Waals surface area contributed by atoms with E-state index in [9.17, 15) is 9.59 Å². The van der Waals surface area contributed by atoms with E-state index in [-0.39, 0.29) is 18.4 Å². The van der Waals surface area contributed by atoms with E-state index in [4.69, 9.17) is 0 Å². The summed E-state index contributed by atoms with van der Waals surface area (Å²) in [5, 5.41) is 0. The Labute approximate surface area is 86.4 Å². The molecule has 0 aliphatic carbocycles. The van der Waals surface area contributed by atoms with E-state index in [2.05, 4.69) is 31.9 Å². The van der Waals surface area contributed by atoms with E-state index in [0.29, 0.717) is 0 Å². The second-order valence-electron chi connectivity index (χ2n) is 2.15. The third-order valence-corrected chi connectivity index (χ3v) is 2.97. The summed E-state index contributed by atoms with van der Waals surface area (Å²) in [5.74, 6) is -0.544. The smallest absolute Gasteiger partial charge is 0.253 e. The van der Waals surface area contributed by atoms with Crippen LogP contribution in [0.4, 0.5) is 0 Å². The van der Waals surface area contributed by atoms with Crippen LogP contribution in [0.3, 0.4) is 0 Å². The van der Waals surface area contributed by atoms with Crippen LogP contribution in [0.15, 0.2) is 21.6 Å². The lowest BCUT2D eigenvalue weighted by Crippen LogP contribution is -2.30. The standard InChI is InChI=1S/C7H5Br2NO2/c8-3-5(9)4-10-6(11)1-2-7(10)12/h1-3H,4H2. The Morgan fingerprint density at radius 3 is 2.33 bits per heavy atom. The van der Waals surface area contributed by atoms with Crippen molar-refractivity contribution in [2.45, 2.75) is 0 Å². The summed E-state index contributed by atoms with van der Waals surface area (Å²) in [6, 6.07) is 0. The molecule has 0 unspecified atom stereocenters.